The smallest absolute Gasteiger partial charge is 0.326 e. The number of anilines is 3. The van der Waals surface area contributed by atoms with Crippen LogP contribution in [0.15, 0.2) is 54.6 Å². The van der Waals surface area contributed by atoms with Crippen LogP contribution in [-0.4, -0.2) is 42.0 Å². The summed E-state index contributed by atoms with van der Waals surface area (Å²) in [5.41, 5.74) is 3.27. The molecule has 2 aliphatic rings. The Balaban J connectivity index is 1.34. The van der Waals surface area contributed by atoms with E-state index in [0.29, 0.717) is 22.0 Å². The number of hydrogen-bond acceptors (Lipinski definition) is 4. The number of nitrogens with one attached hydrogen (secondary N) is 1. The zero-order chi connectivity index (χ0) is 28.8. The van der Waals surface area contributed by atoms with E-state index in [4.69, 9.17) is 34.8 Å². The molecule has 1 atom stereocenters. The molecular weight excluding hydrogens is 573 g/mol. The van der Waals surface area contributed by atoms with Crippen LogP contribution in [0.2, 0.25) is 15.1 Å². The predicted octanol–water partition coefficient (Wildman–Crippen LogP) is 6.63. The highest BCUT2D eigenvalue weighted by atomic mass is 35.5. The Labute approximate surface area is 247 Å². The molecule has 0 radical (unpaired) electrons. The summed E-state index contributed by atoms with van der Waals surface area (Å²) in [7, 11) is 0. The summed E-state index contributed by atoms with van der Waals surface area (Å²) < 4.78 is 0. The standard InChI is InChI=1S/C30H28Cl3N3O4/c1-3-35(4-2)19-15-22(32)25(23(33)16-19)27(37)34-24(28(38)39)14-17-8-10-18(11-9-17)36-26-20(6-5-7-21(26)31)30(12-13-30)29(36)40/h5-11,15-16,24H,3-4,12-14H2,1-2H3,(H,34,37)(H,38,39)/t24-/m0/s1. The number of para-hydroxylation sites is 1. The number of carbonyl (C=O) groups is 3. The van der Waals surface area contributed by atoms with Crippen molar-refractivity contribution in [3.05, 3.63) is 86.4 Å². The third-order valence-corrected chi connectivity index (χ3v) is 8.61. The van der Waals surface area contributed by atoms with Crippen molar-refractivity contribution in [1.29, 1.82) is 0 Å². The highest BCUT2D eigenvalue weighted by Crippen LogP contribution is 2.60. The molecule has 1 aliphatic carbocycles. The molecule has 0 unspecified atom stereocenters. The summed E-state index contributed by atoms with van der Waals surface area (Å²) in [4.78, 5) is 42.2. The quantitative estimate of drug-likeness (QED) is 0.288. The molecule has 2 N–H and O–H groups in total. The van der Waals surface area contributed by atoms with Gasteiger partial charge in [-0.3, -0.25) is 14.5 Å². The van der Waals surface area contributed by atoms with E-state index in [1.165, 1.54) is 0 Å². The van der Waals surface area contributed by atoms with Gasteiger partial charge in [0.25, 0.3) is 5.91 Å². The SMILES string of the molecule is CCN(CC)c1cc(Cl)c(C(=O)N[C@@H](Cc2ccc(N3C(=O)C4(CC4)c4cccc(Cl)c43)cc2)C(=O)O)c(Cl)c1. The van der Waals surface area contributed by atoms with E-state index in [1.54, 1.807) is 47.4 Å². The van der Waals surface area contributed by atoms with Gasteiger partial charge in [-0.15, -0.1) is 0 Å². The Morgan fingerprint density at radius 1 is 1.00 bits per heavy atom. The van der Waals surface area contributed by atoms with Crippen LogP contribution < -0.4 is 15.1 Å². The first-order valence-corrected chi connectivity index (χ1v) is 14.2. The molecule has 1 spiro atoms. The van der Waals surface area contributed by atoms with Crippen molar-refractivity contribution in [2.24, 2.45) is 0 Å². The van der Waals surface area contributed by atoms with Gasteiger partial charge in [-0.05, 0) is 68.1 Å². The maximum atomic E-state index is 13.4. The molecule has 1 aliphatic heterocycles. The number of benzene rings is 3. The topological polar surface area (TPSA) is 90.0 Å². The first-order valence-electron chi connectivity index (χ1n) is 13.1. The van der Waals surface area contributed by atoms with E-state index in [0.717, 1.165) is 37.2 Å². The van der Waals surface area contributed by atoms with E-state index >= 15 is 0 Å². The highest BCUT2D eigenvalue weighted by Gasteiger charge is 2.60. The van der Waals surface area contributed by atoms with Crippen LogP contribution in [0.3, 0.4) is 0 Å². The Bertz CT molecular complexity index is 1480. The Hall–Kier alpha value is -3.26. The van der Waals surface area contributed by atoms with Crippen LogP contribution in [0.1, 0.15) is 48.2 Å². The minimum atomic E-state index is -1.23. The molecule has 0 saturated heterocycles. The maximum absolute atomic E-state index is 13.4. The first-order chi connectivity index (χ1) is 19.1. The Morgan fingerprint density at radius 2 is 1.62 bits per heavy atom. The third kappa shape index (κ3) is 4.91. The lowest BCUT2D eigenvalue weighted by atomic mass is 9.98. The fraction of sp³-hybridized carbons (Fsp3) is 0.300. The van der Waals surface area contributed by atoms with E-state index < -0.39 is 23.3 Å². The second-order valence-corrected chi connectivity index (χ2v) is 11.3. The van der Waals surface area contributed by atoms with Crippen molar-refractivity contribution in [2.45, 2.75) is 44.6 Å². The second-order valence-electron chi connectivity index (χ2n) is 10.1. The molecule has 1 fully saturated rings. The van der Waals surface area contributed by atoms with E-state index in [2.05, 4.69) is 5.32 Å². The Morgan fingerprint density at radius 3 is 2.17 bits per heavy atom. The van der Waals surface area contributed by atoms with Crippen LogP contribution in [0.25, 0.3) is 0 Å². The average Bonchev–Trinajstić information content (AvgIpc) is 3.68. The summed E-state index contributed by atoms with van der Waals surface area (Å²) in [5, 5.41) is 13.2. The van der Waals surface area contributed by atoms with E-state index in [9.17, 15) is 19.5 Å². The number of carbonyl (C=O) groups excluding carboxylic acids is 2. The van der Waals surface area contributed by atoms with Crippen molar-refractivity contribution in [3.63, 3.8) is 0 Å². The van der Waals surface area contributed by atoms with Crippen LogP contribution in [0, 0.1) is 0 Å². The second kappa shape index (κ2) is 11.0. The summed E-state index contributed by atoms with van der Waals surface area (Å²) >= 11 is 19.3. The molecular formula is C30H28Cl3N3O4. The summed E-state index contributed by atoms with van der Waals surface area (Å²) in [5.74, 6) is -1.87. The number of hydrogen-bond donors (Lipinski definition) is 2. The van der Waals surface area contributed by atoms with Gasteiger partial charge in [0, 0.05) is 30.9 Å². The number of halogens is 3. The zero-order valence-corrected chi connectivity index (χ0v) is 24.3. The van der Waals surface area contributed by atoms with Crippen LogP contribution in [0.5, 0.6) is 0 Å². The molecule has 5 rings (SSSR count). The van der Waals surface area contributed by atoms with Gasteiger partial charge in [0.05, 0.1) is 31.7 Å². The van der Waals surface area contributed by atoms with Gasteiger partial charge in [0.15, 0.2) is 0 Å². The van der Waals surface area contributed by atoms with E-state index in [-0.39, 0.29) is 27.9 Å². The highest BCUT2D eigenvalue weighted by molar-refractivity contribution is 6.40. The van der Waals surface area contributed by atoms with Crippen molar-refractivity contribution in [1.82, 2.24) is 5.32 Å². The minimum absolute atomic E-state index is 0.000189. The maximum Gasteiger partial charge on any atom is 0.326 e. The largest absolute Gasteiger partial charge is 0.480 e. The number of nitrogens with zero attached hydrogens (tertiary/aromatic N) is 2. The van der Waals surface area contributed by atoms with Crippen molar-refractivity contribution >= 4 is 69.6 Å². The van der Waals surface area contributed by atoms with Crippen molar-refractivity contribution in [2.75, 3.05) is 22.9 Å². The fourth-order valence-corrected chi connectivity index (χ4v) is 6.32. The lowest BCUT2D eigenvalue weighted by Gasteiger charge is -2.23. The predicted molar refractivity (Wildman–Crippen MR) is 159 cm³/mol. The lowest BCUT2D eigenvalue weighted by Crippen LogP contribution is -2.42. The summed E-state index contributed by atoms with van der Waals surface area (Å²) in [6.07, 6.45) is 1.60. The summed E-state index contributed by atoms with van der Waals surface area (Å²) in [6.45, 7) is 5.47. The fourth-order valence-electron chi connectivity index (χ4n) is 5.41. The summed E-state index contributed by atoms with van der Waals surface area (Å²) in [6, 6.07) is 14.7. The van der Waals surface area contributed by atoms with Crippen molar-refractivity contribution in [3.8, 4) is 0 Å². The average molecular weight is 601 g/mol. The molecule has 1 saturated carbocycles. The van der Waals surface area contributed by atoms with Gasteiger partial charge in [-0.2, -0.15) is 0 Å². The number of aliphatic carboxylic acids is 1. The third-order valence-electron chi connectivity index (χ3n) is 7.71. The van der Waals surface area contributed by atoms with Gasteiger partial charge in [0.2, 0.25) is 5.91 Å². The van der Waals surface area contributed by atoms with Crippen molar-refractivity contribution < 1.29 is 19.5 Å². The number of amides is 2. The first kappa shape index (κ1) is 28.3. The van der Waals surface area contributed by atoms with Crippen LogP contribution >= 0.6 is 34.8 Å². The molecule has 2 amide bonds. The zero-order valence-electron chi connectivity index (χ0n) is 22.0. The molecule has 10 heteroatoms. The molecule has 3 aromatic rings. The lowest BCUT2D eigenvalue weighted by molar-refractivity contribution is -0.139. The number of rotatable bonds is 9. The monoisotopic (exact) mass is 599 g/mol. The Kier molecular flexibility index (Phi) is 7.75. The molecule has 0 aromatic heterocycles. The van der Waals surface area contributed by atoms with E-state index in [1.807, 2.05) is 30.9 Å². The van der Waals surface area contributed by atoms with Gasteiger partial charge >= 0.3 is 5.97 Å². The van der Waals surface area contributed by atoms with Gasteiger partial charge in [-0.25, -0.2) is 4.79 Å². The van der Waals surface area contributed by atoms with Gasteiger partial charge in [-0.1, -0.05) is 59.1 Å². The molecule has 0 bridgehead atoms. The number of carboxylic acid groups (broad SMARTS) is 1. The van der Waals surface area contributed by atoms with Crippen LogP contribution in [-0.2, 0) is 21.4 Å². The van der Waals surface area contributed by atoms with Gasteiger partial charge < -0.3 is 15.3 Å². The number of fused-ring (bicyclic) bond motifs is 2. The van der Waals surface area contributed by atoms with Crippen LogP contribution in [0.4, 0.5) is 17.1 Å². The molecule has 208 valence electrons. The molecule has 40 heavy (non-hydrogen) atoms. The molecule has 7 nitrogen and oxygen atoms in total. The minimum Gasteiger partial charge on any atom is -0.480 e. The molecule has 3 aromatic carbocycles. The molecule has 1 heterocycles. The van der Waals surface area contributed by atoms with Gasteiger partial charge in [0.1, 0.15) is 6.04 Å². The normalized spacial score (nSPS) is 15.6. The number of carboxylic acids is 1.